The topological polar surface area (TPSA) is 56.3 Å². The van der Waals surface area contributed by atoms with Crippen molar-refractivity contribution in [1.82, 2.24) is 9.88 Å². The molecule has 0 saturated carbocycles. The summed E-state index contributed by atoms with van der Waals surface area (Å²) in [6, 6.07) is 13.9. The van der Waals surface area contributed by atoms with Crippen LogP contribution in [0.5, 0.6) is 5.75 Å². The van der Waals surface area contributed by atoms with Crippen LogP contribution in [0.4, 0.5) is 0 Å². The van der Waals surface area contributed by atoms with E-state index in [0.717, 1.165) is 35.0 Å². The Bertz CT molecular complexity index is 1100. The number of para-hydroxylation sites is 1. The van der Waals surface area contributed by atoms with Gasteiger partial charge in [-0.05, 0) is 41.5 Å². The summed E-state index contributed by atoms with van der Waals surface area (Å²) in [5, 5.41) is 11.5. The standard InChI is InChI=1S/C24H26N2O2/c1-23(2)21-13-16-18(8-6-10-20(16)27)24(23,3)11-12-26(21)22(28)17-14-25-19-9-5-4-7-15(17)19/h4-10,14,21,25,27H,11-13H2,1-3H3/t21-,24-/m0/s1. The molecule has 1 fully saturated rings. The fraction of sp³-hybridized carbons (Fsp3) is 0.375. The van der Waals surface area contributed by atoms with Gasteiger partial charge in [-0.25, -0.2) is 0 Å². The zero-order valence-corrected chi connectivity index (χ0v) is 16.6. The molecule has 144 valence electrons. The maximum absolute atomic E-state index is 13.6. The van der Waals surface area contributed by atoms with Crippen molar-refractivity contribution < 1.29 is 9.90 Å². The van der Waals surface area contributed by atoms with E-state index in [1.54, 1.807) is 6.07 Å². The first-order chi connectivity index (χ1) is 13.3. The molecule has 1 amide bonds. The Morgan fingerprint density at radius 1 is 1.14 bits per heavy atom. The number of hydrogen-bond acceptors (Lipinski definition) is 2. The van der Waals surface area contributed by atoms with Gasteiger partial charge in [0.25, 0.3) is 5.91 Å². The van der Waals surface area contributed by atoms with E-state index in [9.17, 15) is 9.90 Å². The monoisotopic (exact) mass is 374 g/mol. The number of nitrogens with one attached hydrogen (secondary N) is 1. The molecule has 4 heteroatoms. The van der Waals surface area contributed by atoms with Gasteiger partial charge in [-0.2, -0.15) is 0 Å². The predicted molar refractivity (Wildman–Crippen MR) is 111 cm³/mol. The lowest BCUT2D eigenvalue weighted by molar-refractivity contribution is -0.0265. The van der Waals surface area contributed by atoms with Crippen LogP contribution in [0.15, 0.2) is 48.7 Å². The summed E-state index contributed by atoms with van der Waals surface area (Å²) in [6.45, 7) is 7.58. The number of rotatable bonds is 1. The summed E-state index contributed by atoms with van der Waals surface area (Å²) in [5.74, 6) is 0.432. The molecule has 2 bridgehead atoms. The number of likely N-dealkylation sites (tertiary alicyclic amines) is 1. The van der Waals surface area contributed by atoms with Gasteiger partial charge >= 0.3 is 0 Å². The zero-order chi connectivity index (χ0) is 19.7. The van der Waals surface area contributed by atoms with Crippen LogP contribution in [0, 0.1) is 5.41 Å². The van der Waals surface area contributed by atoms with Crippen LogP contribution >= 0.6 is 0 Å². The molecule has 4 nitrogen and oxygen atoms in total. The number of aromatic hydroxyl groups is 1. The number of benzene rings is 2. The first-order valence-corrected chi connectivity index (χ1v) is 10.0. The summed E-state index contributed by atoms with van der Waals surface area (Å²) < 4.78 is 0. The van der Waals surface area contributed by atoms with Gasteiger partial charge in [0.2, 0.25) is 0 Å². The number of hydrogen-bond donors (Lipinski definition) is 2. The number of carbonyl (C=O) groups is 1. The fourth-order valence-corrected chi connectivity index (χ4v) is 5.57. The minimum atomic E-state index is -0.0895. The summed E-state index contributed by atoms with van der Waals surface area (Å²) in [5.41, 5.74) is 3.81. The van der Waals surface area contributed by atoms with Gasteiger partial charge in [0, 0.05) is 35.1 Å². The minimum Gasteiger partial charge on any atom is -0.508 e. The highest BCUT2D eigenvalue weighted by Crippen LogP contribution is 2.57. The average molecular weight is 374 g/mol. The SMILES string of the molecule is CC1(C)[C@@H]2Cc3c(O)cccc3[C@]1(C)CCN2C(=O)c1c[nH]c2ccccc12. The lowest BCUT2D eigenvalue weighted by Crippen LogP contribution is -2.64. The third kappa shape index (κ3) is 2.09. The van der Waals surface area contributed by atoms with Crippen LogP contribution in [0.2, 0.25) is 0 Å². The lowest BCUT2D eigenvalue weighted by Gasteiger charge is -2.60. The van der Waals surface area contributed by atoms with Gasteiger partial charge in [-0.3, -0.25) is 4.79 Å². The molecule has 28 heavy (non-hydrogen) atoms. The normalized spacial score (nSPS) is 25.5. The molecule has 1 aromatic heterocycles. The van der Waals surface area contributed by atoms with Crippen molar-refractivity contribution in [3.05, 3.63) is 65.4 Å². The molecule has 1 aliphatic carbocycles. The number of nitrogens with zero attached hydrogens (tertiary/aromatic N) is 1. The van der Waals surface area contributed by atoms with Crippen molar-refractivity contribution in [3.63, 3.8) is 0 Å². The van der Waals surface area contributed by atoms with Crippen molar-refractivity contribution in [3.8, 4) is 5.75 Å². The Morgan fingerprint density at radius 2 is 1.93 bits per heavy atom. The highest BCUT2D eigenvalue weighted by molar-refractivity contribution is 6.06. The number of aromatic nitrogens is 1. The van der Waals surface area contributed by atoms with E-state index in [1.165, 1.54) is 5.56 Å². The second kappa shape index (κ2) is 5.63. The van der Waals surface area contributed by atoms with E-state index in [0.29, 0.717) is 12.2 Å². The van der Waals surface area contributed by atoms with Crippen LogP contribution < -0.4 is 0 Å². The second-order valence-electron chi connectivity index (χ2n) is 9.07. The number of fused-ring (bicyclic) bond motifs is 5. The van der Waals surface area contributed by atoms with E-state index in [4.69, 9.17) is 0 Å². The molecule has 0 unspecified atom stereocenters. The van der Waals surface area contributed by atoms with Gasteiger partial charge in [-0.1, -0.05) is 51.1 Å². The third-order valence-corrected chi connectivity index (χ3v) is 7.71. The number of carbonyl (C=O) groups excluding carboxylic acids is 1. The maximum atomic E-state index is 13.6. The number of phenols is 1. The summed E-state index contributed by atoms with van der Waals surface area (Å²) >= 11 is 0. The Kier molecular flexibility index (Phi) is 3.49. The molecule has 1 saturated heterocycles. The maximum Gasteiger partial charge on any atom is 0.256 e. The smallest absolute Gasteiger partial charge is 0.256 e. The van der Waals surface area contributed by atoms with Gasteiger partial charge in [-0.15, -0.1) is 0 Å². The van der Waals surface area contributed by atoms with Crippen molar-refractivity contribution in [2.45, 2.75) is 45.1 Å². The molecule has 0 radical (unpaired) electrons. The summed E-state index contributed by atoms with van der Waals surface area (Å²) in [7, 11) is 0. The average Bonchev–Trinajstić information content (AvgIpc) is 3.09. The molecular formula is C24H26N2O2. The quantitative estimate of drug-likeness (QED) is 0.652. The van der Waals surface area contributed by atoms with Crippen molar-refractivity contribution in [1.29, 1.82) is 0 Å². The number of H-pyrrole nitrogens is 1. The van der Waals surface area contributed by atoms with Crippen LogP contribution in [0.3, 0.4) is 0 Å². The van der Waals surface area contributed by atoms with E-state index >= 15 is 0 Å². The number of phenolic OH excluding ortho intramolecular Hbond substituents is 1. The largest absolute Gasteiger partial charge is 0.508 e. The highest BCUT2D eigenvalue weighted by Gasteiger charge is 2.57. The van der Waals surface area contributed by atoms with Crippen molar-refractivity contribution in [2.75, 3.05) is 6.54 Å². The Balaban J connectivity index is 1.61. The third-order valence-electron chi connectivity index (χ3n) is 7.71. The molecule has 2 N–H and O–H groups in total. The Morgan fingerprint density at radius 3 is 2.75 bits per heavy atom. The summed E-state index contributed by atoms with van der Waals surface area (Å²) in [4.78, 5) is 18.9. The second-order valence-corrected chi connectivity index (χ2v) is 9.07. The molecule has 3 aromatic rings. The van der Waals surface area contributed by atoms with E-state index in [1.807, 2.05) is 41.4 Å². The van der Waals surface area contributed by atoms with Crippen LogP contribution in [0.1, 0.15) is 48.7 Å². The van der Waals surface area contributed by atoms with E-state index < -0.39 is 0 Å². The van der Waals surface area contributed by atoms with Gasteiger partial charge < -0.3 is 15.0 Å². The molecule has 2 heterocycles. The fourth-order valence-electron chi connectivity index (χ4n) is 5.57. The lowest BCUT2D eigenvalue weighted by atomic mass is 9.51. The minimum absolute atomic E-state index is 0.0493. The zero-order valence-electron chi connectivity index (χ0n) is 16.6. The highest BCUT2D eigenvalue weighted by atomic mass is 16.3. The van der Waals surface area contributed by atoms with Gasteiger partial charge in [0.05, 0.1) is 5.56 Å². The van der Waals surface area contributed by atoms with Gasteiger partial charge in [0.15, 0.2) is 0 Å². The molecule has 2 aromatic carbocycles. The summed E-state index contributed by atoms with van der Waals surface area (Å²) in [6.07, 6.45) is 3.42. The molecule has 0 spiro atoms. The van der Waals surface area contributed by atoms with E-state index in [-0.39, 0.29) is 22.8 Å². The Hall–Kier alpha value is -2.75. The number of piperidine rings is 1. The van der Waals surface area contributed by atoms with Crippen molar-refractivity contribution >= 4 is 16.8 Å². The molecule has 2 aliphatic rings. The Labute approximate surface area is 165 Å². The molecule has 2 atom stereocenters. The first kappa shape index (κ1) is 17.4. The van der Waals surface area contributed by atoms with E-state index in [2.05, 4.69) is 31.8 Å². The molecule has 1 aliphatic heterocycles. The molecular weight excluding hydrogens is 348 g/mol. The first-order valence-electron chi connectivity index (χ1n) is 10.0. The van der Waals surface area contributed by atoms with Crippen molar-refractivity contribution in [2.24, 2.45) is 5.41 Å². The van der Waals surface area contributed by atoms with Gasteiger partial charge in [0.1, 0.15) is 5.75 Å². The van der Waals surface area contributed by atoms with Crippen LogP contribution in [0.25, 0.3) is 10.9 Å². The number of amides is 1. The predicted octanol–water partition coefficient (Wildman–Crippen LogP) is 4.63. The van der Waals surface area contributed by atoms with Crippen LogP contribution in [-0.4, -0.2) is 33.5 Å². The number of aromatic amines is 1. The van der Waals surface area contributed by atoms with Crippen LogP contribution in [-0.2, 0) is 11.8 Å². The molecule has 5 rings (SSSR count).